The number of carbonyl (C=O) groups is 1. The van der Waals surface area contributed by atoms with E-state index in [0.717, 1.165) is 0 Å². The number of hydrogen-bond donors (Lipinski definition) is 1. The van der Waals surface area contributed by atoms with Crippen LogP contribution in [0.4, 0.5) is 14.5 Å². The van der Waals surface area contributed by atoms with Gasteiger partial charge in [-0.25, -0.2) is 0 Å². The minimum atomic E-state index is -2.44. The van der Waals surface area contributed by atoms with Gasteiger partial charge < -0.3 is 10.1 Å². The number of carbonyl (C=O) groups excluding carboxylic acids is 1. The Morgan fingerprint density at radius 3 is 2.41 bits per heavy atom. The Hall–Kier alpha value is -1.14. The van der Waals surface area contributed by atoms with Crippen LogP contribution in [0.5, 0.6) is 0 Å². The van der Waals surface area contributed by atoms with Crippen molar-refractivity contribution < 1.29 is 18.3 Å². The molecule has 1 rings (SSSR count). The number of methoxy groups -OCH3 is 1. The molecule has 0 spiro atoms. The topological polar surface area (TPSA) is 38.3 Å². The van der Waals surface area contributed by atoms with Gasteiger partial charge in [0.05, 0.1) is 0 Å². The smallest absolute Gasteiger partial charge is 0.288 e. The number of rotatable bonds is 5. The third kappa shape index (κ3) is 4.70. The zero-order chi connectivity index (χ0) is 12.8. The highest BCUT2D eigenvalue weighted by Crippen LogP contribution is 2.26. The summed E-state index contributed by atoms with van der Waals surface area (Å²) in [6.07, 6.45) is -0.551. The molecule has 0 radical (unpaired) electrons. The van der Waals surface area contributed by atoms with Crippen molar-refractivity contribution in [3.63, 3.8) is 0 Å². The molecule has 0 aliphatic rings. The molecule has 0 aromatic heterocycles. The average molecular weight is 261 g/mol. The van der Waals surface area contributed by atoms with E-state index in [9.17, 15) is 13.6 Å². The Labute approximate surface area is 103 Å². The van der Waals surface area contributed by atoms with Gasteiger partial charge in [0.15, 0.2) is 0 Å². The van der Waals surface area contributed by atoms with Crippen molar-refractivity contribution in [2.75, 3.05) is 12.4 Å². The minimum absolute atomic E-state index is 0.276. The lowest BCUT2D eigenvalue weighted by Gasteiger charge is -2.10. The van der Waals surface area contributed by atoms with Crippen LogP contribution in [0.3, 0.4) is 0 Å². The van der Waals surface area contributed by atoms with E-state index in [1.54, 1.807) is 19.1 Å². The summed E-state index contributed by atoms with van der Waals surface area (Å²) in [5, 5.41) is 2.61. The van der Waals surface area contributed by atoms with E-state index < -0.39 is 11.9 Å². The van der Waals surface area contributed by atoms with E-state index in [-0.39, 0.29) is 5.91 Å². The van der Waals surface area contributed by atoms with Crippen molar-refractivity contribution >= 4 is 23.4 Å². The number of anilines is 1. The third-order valence-electron chi connectivity index (χ3n) is 2.07. The SMILES string of the molecule is COC(C)C(=O)Nc1ccc(SC(F)F)cc1. The van der Waals surface area contributed by atoms with Crippen LogP contribution in [-0.4, -0.2) is 24.9 Å². The van der Waals surface area contributed by atoms with Crippen LogP contribution in [0.1, 0.15) is 6.92 Å². The molecular weight excluding hydrogens is 248 g/mol. The van der Waals surface area contributed by atoms with Crippen LogP contribution in [0.2, 0.25) is 0 Å². The number of thioether (sulfide) groups is 1. The van der Waals surface area contributed by atoms with Gasteiger partial charge in [0.1, 0.15) is 6.10 Å². The second-order valence-corrected chi connectivity index (χ2v) is 4.33. The van der Waals surface area contributed by atoms with Crippen LogP contribution in [0, 0.1) is 0 Å². The first-order valence-corrected chi connectivity index (χ1v) is 5.79. The standard InChI is InChI=1S/C11H13F2NO2S/c1-7(16-2)10(15)14-8-3-5-9(6-4-8)17-11(12)13/h3-7,11H,1-2H3,(H,14,15). The van der Waals surface area contributed by atoms with Crippen molar-refractivity contribution in [3.05, 3.63) is 24.3 Å². The van der Waals surface area contributed by atoms with Crippen LogP contribution in [0.15, 0.2) is 29.2 Å². The fourth-order valence-electron chi connectivity index (χ4n) is 1.07. The van der Waals surface area contributed by atoms with E-state index in [2.05, 4.69) is 5.32 Å². The molecule has 1 aromatic rings. The number of alkyl halides is 2. The van der Waals surface area contributed by atoms with Gasteiger partial charge in [-0.05, 0) is 31.2 Å². The fourth-order valence-corrected chi connectivity index (χ4v) is 1.57. The van der Waals surface area contributed by atoms with Crippen LogP contribution < -0.4 is 5.32 Å². The van der Waals surface area contributed by atoms with Crippen molar-refractivity contribution in [3.8, 4) is 0 Å². The summed E-state index contributed by atoms with van der Waals surface area (Å²) in [5.41, 5.74) is 0.553. The summed E-state index contributed by atoms with van der Waals surface area (Å²) in [6, 6.07) is 6.21. The van der Waals surface area contributed by atoms with Crippen molar-refractivity contribution in [2.24, 2.45) is 0 Å². The second kappa shape index (κ2) is 6.56. The first-order chi connectivity index (χ1) is 8.02. The Kier molecular flexibility index (Phi) is 5.37. The van der Waals surface area contributed by atoms with Crippen LogP contribution in [0.25, 0.3) is 0 Å². The number of amides is 1. The van der Waals surface area contributed by atoms with E-state index in [1.165, 1.54) is 19.2 Å². The first kappa shape index (κ1) is 13.9. The lowest BCUT2D eigenvalue weighted by atomic mass is 10.3. The van der Waals surface area contributed by atoms with Gasteiger partial charge >= 0.3 is 0 Å². The number of halogens is 2. The first-order valence-electron chi connectivity index (χ1n) is 4.91. The zero-order valence-electron chi connectivity index (χ0n) is 9.44. The molecule has 1 unspecified atom stereocenters. The van der Waals surface area contributed by atoms with Gasteiger partial charge in [-0.3, -0.25) is 4.79 Å². The maximum absolute atomic E-state index is 12.1. The number of ether oxygens (including phenoxy) is 1. The Balaban J connectivity index is 2.59. The van der Waals surface area contributed by atoms with Gasteiger partial charge in [-0.1, -0.05) is 11.8 Å². The molecule has 3 nitrogen and oxygen atoms in total. The molecule has 1 N–H and O–H groups in total. The Morgan fingerprint density at radius 1 is 1.35 bits per heavy atom. The molecule has 0 aliphatic carbocycles. The number of hydrogen-bond acceptors (Lipinski definition) is 3. The quantitative estimate of drug-likeness (QED) is 0.828. The van der Waals surface area contributed by atoms with Crippen LogP contribution in [-0.2, 0) is 9.53 Å². The normalized spacial score (nSPS) is 12.5. The lowest BCUT2D eigenvalue weighted by Crippen LogP contribution is -2.26. The summed E-state index contributed by atoms with van der Waals surface area (Å²) in [4.78, 5) is 11.9. The fraction of sp³-hybridized carbons (Fsp3) is 0.364. The molecule has 0 bridgehead atoms. The van der Waals surface area contributed by atoms with E-state index in [4.69, 9.17) is 4.74 Å². The molecule has 6 heteroatoms. The van der Waals surface area contributed by atoms with E-state index in [0.29, 0.717) is 22.3 Å². The number of benzene rings is 1. The van der Waals surface area contributed by atoms with Gasteiger partial charge in [0.2, 0.25) is 0 Å². The summed E-state index contributed by atoms with van der Waals surface area (Å²) < 4.78 is 29.0. The highest BCUT2D eigenvalue weighted by Gasteiger charge is 2.11. The van der Waals surface area contributed by atoms with Crippen molar-refractivity contribution in [1.29, 1.82) is 0 Å². The lowest BCUT2D eigenvalue weighted by molar-refractivity contribution is -0.124. The molecule has 1 atom stereocenters. The monoisotopic (exact) mass is 261 g/mol. The molecule has 1 amide bonds. The summed E-state index contributed by atoms with van der Waals surface area (Å²) in [5.74, 6) is -2.72. The second-order valence-electron chi connectivity index (χ2n) is 3.27. The molecule has 94 valence electrons. The maximum Gasteiger partial charge on any atom is 0.288 e. The third-order valence-corrected chi connectivity index (χ3v) is 2.79. The van der Waals surface area contributed by atoms with Crippen molar-refractivity contribution in [1.82, 2.24) is 0 Å². The molecular formula is C11H13F2NO2S. The predicted octanol–water partition coefficient (Wildman–Crippen LogP) is 2.97. The van der Waals surface area contributed by atoms with E-state index >= 15 is 0 Å². The van der Waals surface area contributed by atoms with Gasteiger partial charge in [0.25, 0.3) is 11.7 Å². The maximum atomic E-state index is 12.1. The van der Waals surface area contributed by atoms with Crippen LogP contribution >= 0.6 is 11.8 Å². The molecule has 0 aliphatic heterocycles. The zero-order valence-corrected chi connectivity index (χ0v) is 10.3. The summed E-state index contributed by atoms with van der Waals surface area (Å²) in [7, 11) is 1.44. The molecule has 0 fully saturated rings. The minimum Gasteiger partial charge on any atom is -0.372 e. The Bertz CT molecular complexity index is 370. The summed E-state index contributed by atoms with van der Waals surface area (Å²) in [6.45, 7) is 1.62. The molecule has 17 heavy (non-hydrogen) atoms. The number of nitrogens with one attached hydrogen (secondary N) is 1. The molecule has 0 heterocycles. The predicted molar refractivity (Wildman–Crippen MR) is 63.4 cm³/mol. The van der Waals surface area contributed by atoms with Gasteiger partial charge in [0, 0.05) is 17.7 Å². The summed E-state index contributed by atoms with van der Waals surface area (Å²) >= 11 is 0.466. The molecule has 0 saturated heterocycles. The molecule has 0 saturated carbocycles. The van der Waals surface area contributed by atoms with E-state index in [1.807, 2.05) is 0 Å². The van der Waals surface area contributed by atoms with Crippen molar-refractivity contribution in [2.45, 2.75) is 23.7 Å². The largest absolute Gasteiger partial charge is 0.372 e. The van der Waals surface area contributed by atoms with Gasteiger partial charge in [-0.15, -0.1) is 0 Å². The average Bonchev–Trinajstić information content (AvgIpc) is 2.30. The van der Waals surface area contributed by atoms with Gasteiger partial charge in [-0.2, -0.15) is 8.78 Å². The Morgan fingerprint density at radius 2 is 1.94 bits per heavy atom. The highest BCUT2D eigenvalue weighted by molar-refractivity contribution is 7.99. The highest BCUT2D eigenvalue weighted by atomic mass is 32.2. The molecule has 1 aromatic carbocycles.